The molecule has 172 valence electrons. The average Bonchev–Trinajstić information content (AvgIpc) is 3.06. The summed E-state index contributed by atoms with van der Waals surface area (Å²) in [4.78, 5) is 50.7. The molecule has 10 heteroatoms. The first kappa shape index (κ1) is 23.2. The predicted molar refractivity (Wildman–Crippen MR) is 115 cm³/mol. The van der Waals surface area contributed by atoms with Crippen LogP contribution < -0.4 is 4.90 Å². The number of anilines is 1. The van der Waals surface area contributed by atoms with Crippen LogP contribution in [0.1, 0.15) is 47.0 Å². The Morgan fingerprint density at radius 1 is 0.882 bits per heavy atom. The van der Waals surface area contributed by atoms with Crippen molar-refractivity contribution < 1.29 is 37.1 Å². The first-order chi connectivity index (χ1) is 16.1. The number of carbonyl (C=O) groups excluding carboxylic acids is 4. The molecule has 34 heavy (non-hydrogen) atoms. The van der Waals surface area contributed by atoms with Gasteiger partial charge >= 0.3 is 12.1 Å². The summed E-state index contributed by atoms with van der Waals surface area (Å²) in [6.45, 7) is -0.627. The molecule has 0 aromatic heterocycles. The van der Waals surface area contributed by atoms with E-state index in [1.54, 1.807) is 12.1 Å². The molecule has 3 aromatic rings. The van der Waals surface area contributed by atoms with Gasteiger partial charge in [-0.15, -0.1) is 0 Å². The summed E-state index contributed by atoms with van der Waals surface area (Å²) in [6, 6.07) is 13.8. The number of esters is 1. The lowest BCUT2D eigenvalue weighted by Gasteiger charge is -2.19. The number of para-hydroxylation sites is 1. The summed E-state index contributed by atoms with van der Waals surface area (Å²) >= 11 is 5.94. The summed E-state index contributed by atoms with van der Waals surface area (Å²) in [5.41, 5.74) is -2.18. The molecule has 2 amide bonds. The normalized spacial score (nSPS) is 13.1. The van der Waals surface area contributed by atoms with Gasteiger partial charge in [-0.1, -0.05) is 35.9 Å². The van der Waals surface area contributed by atoms with Crippen LogP contribution in [0.3, 0.4) is 0 Å². The number of ketones is 1. The van der Waals surface area contributed by atoms with Gasteiger partial charge in [-0.05, 0) is 42.5 Å². The van der Waals surface area contributed by atoms with Crippen molar-refractivity contribution >= 4 is 40.9 Å². The first-order valence-corrected chi connectivity index (χ1v) is 10.1. The molecule has 1 aliphatic heterocycles. The molecule has 0 aliphatic carbocycles. The summed E-state index contributed by atoms with van der Waals surface area (Å²) in [5.74, 6) is -3.48. The Hall–Kier alpha value is -3.98. The summed E-state index contributed by atoms with van der Waals surface area (Å²) < 4.78 is 45.2. The molecule has 0 N–H and O–H groups in total. The molecule has 4 rings (SSSR count). The van der Waals surface area contributed by atoms with Crippen LogP contribution in [0.15, 0.2) is 66.7 Å². The van der Waals surface area contributed by atoms with Crippen molar-refractivity contribution in [2.24, 2.45) is 0 Å². The Bertz CT molecular complexity index is 1350. The second kappa shape index (κ2) is 8.75. The van der Waals surface area contributed by atoms with Crippen LogP contribution in [0.2, 0.25) is 5.02 Å². The summed E-state index contributed by atoms with van der Waals surface area (Å²) in [7, 11) is 0. The van der Waals surface area contributed by atoms with Crippen LogP contribution in [0.5, 0.6) is 0 Å². The monoisotopic (exact) mass is 487 g/mol. The van der Waals surface area contributed by atoms with Gasteiger partial charge in [0.2, 0.25) is 5.78 Å². The number of alkyl halides is 3. The van der Waals surface area contributed by atoms with Gasteiger partial charge in [-0.25, -0.2) is 9.69 Å². The fraction of sp³-hybridized carbons (Fsp3) is 0.0833. The molecule has 3 aromatic carbocycles. The highest BCUT2D eigenvalue weighted by molar-refractivity contribution is 6.35. The number of Topliss-reactive ketones (excluding diaryl/α,β-unsaturated/α-hetero) is 1. The van der Waals surface area contributed by atoms with Gasteiger partial charge in [0.15, 0.2) is 6.61 Å². The second-order valence-corrected chi connectivity index (χ2v) is 7.61. The van der Waals surface area contributed by atoms with E-state index in [1.807, 2.05) is 0 Å². The SMILES string of the molecule is O=C(OCC(=O)c1ccccc1Cl)c1ccc2c(c1)C(=O)N(c1ccccc1C(F)(F)F)C2=O. The summed E-state index contributed by atoms with van der Waals surface area (Å²) in [5, 5.41) is 0.185. The van der Waals surface area contributed by atoms with Gasteiger partial charge in [0.05, 0.1) is 33.0 Å². The quantitative estimate of drug-likeness (QED) is 0.281. The predicted octanol–water partition coefficient (Wildman–Crippen LogP) is 5.20. The third-order valence-electron chi connectivity index (χ3n) is 5.08. The van der Waals surface area contributed by atoms with Crippen LogP contribution in [-0.2, 0) is 10.9 Å². The standard InChI is InChI=1S/C24H13ClF3NO5/c25-18-7-3-1-5-15(18)20(30)12-34-23(33)13-9-10-14-16(11-13)22(32)29(21(14)31)19-8-4-2-6-17(19)24(26,27)28/h1-11H,12H2. The van der Waals surface area contributed by atoms with Crippen molar-refractivity contribution in [1.29, 1.82) is 0 Å². The topological polar surface area (TPSA) is 80.8 Å². The van der Waals surface area contributed by atoms with Crippen LogP contribution in [0.4, 0.5) is 18.9 Å². The highest BCUT2D eigenvalue weighted by Gasteiger charge is 2.42. The molecule has 0 radical (unpaired) electrons. The molecule has 0 bridgehead atoms. The van der Waals surface area contributed by atoms with E-state index < -0.39 is 47.6 Å². The Balaban J connectivity index is 1.57. The highest BCUT2D eigenvalue weighted by Crippen LogP contribution is 2.39. The van der Waals surface area contributed by atoms with Gasteiger partial charge < -0.3 is 4.74 Å². The average molecular weight is 488 g/mol. The van der Waals surface area contributed by atoms with Gasteiger partial charge in [-0.2, -0.15) is 13.2 Å². The van der Waals surface area contributed by atoms with E-state index in [0.29, 0.717) is 4.90 Å². The van der Waals surface area contributed by atoms with Crippen LogP contribution in [0, 0.1) is 0 Å². The number of carbonyl (C=O) groups is 4. The maximum Gasteiger partial charge on any atom is 0.418 e. The molecule has 6 nitrogen and oxygen atoms in total. The second-order valence-electron chi connectivity index (χ2n) is 7.20. The molecule has 0 saturated heterocycles. The van der Waals surface area contributed by atoms with Crippen LogP contribution in [0.25, 0.3) is 0 Å². The number of hydrogen-bond acceptors (Lipinski definition) is 5. The maximum absolute atomic E-state index is 13.4. The van der Waals surface area contributed by atoms with Gasteiger partial charge in [0.1, 0.15) is 0 Å². The molecule has 0 spiro atoms. The molecule has 0 atom stereocenters. The zero-order valence-electron chi connectivity index (χ0n) is 17.1. The number of ether oxygens (including phenoxy) is 1. The largest absolute Gasteiger partial charge is 0.454 e. The maximum atomic E-state index is 13.4. The fourth-order valence-electron chi connectivity index (χ4n) is 3.47. The number of amides is 2. The number of nitrogens with zero attached hydrogens (tertiary/aromatic N) is 1. The van der Waals surface area contributed by atoms with Crippen molar-refractivity contribution in [3.63, 3.8) is 0 Å². The molecule has 0 unspecified atom stereocenters. The number of imide groups is 1. The molecule has 1 aliphatic rings. The van der Waals surface area contributed by atoms with Crippen molar-refractivity contribution in [3.8, 4) is 0 Å². The van der Waals surface area contributed by atoms with Gasteiger partial charge in [0, 0.05) is 5.56 Å². The minimum Gasteiger partial charge on any atom is -0.454 e. The minimum atomic E-state index is -4.80. The van der Waals surface area contributed by atoms with Crippen molar-refractivity contribution in [3.05, 3.63) is 99.6 Å². The zero-order valence-corrected chi connectivity index (χ0v) is 17.8. The Morgan fingerprint density at radius 3 is 2.24 bits per heavy atom. The van der Waals surface area contributed by atoms with E-state index in [1.165, 1.54) is 24.3 Å². The number of benzene rings is 3. The van der Waals surface area contributed by atoms with E-state index in [-0.39, 0.29) is 27.3 Å². The van der Waals surface area contributed by atoms with Crippen LogP contribution in [-0.4, -0.2) is 30.2 Å². The van der Waals surface area contributed by atoms with E-state index in [2.05, 4.69) is 0 Å². The highest BCUT2D eigenvalue weighted by atomic mass is 35.5. The van der Waals surface area contributed by atoms with E-state index in [0.717, 1.165) is 30.3 Å². The van der Waals surface area contributed by atoms with E-state index in [9.17, 15) is 32.3 Å². The number of fused-ring (bicyclic) bond motifs is 1. The first-order valence-electron chi connectivity index (χ1n) is 9.73. The van der Waals surface area contributed by atoms with Crippen molar-refractivity contribution in [2.75, 3.05) is 11.5 Å². The van der Waals surface area contributed by atoms with Gasteiger partial charge in [-0.3, -0.25) is 14.4 Å². The lowest BCUT2D eigenvalue weighted by Crippen LogP contribution is -2.31. The van der Waals surface area contributed by atoms with E-state index >= 15 is 0 Å². The van der Waals surface area contributed by atoms with Crippen LogP contribution >= 0.6 is 11.6 Å². The smallest absolute Gasteiger partial charge is 0.418 e. The lowest BCUT2D eigenvalue weighted by atomic mass is 10.1. The third kappa shape index (κ3) is 4.17. The Morgan fingerprint density at radius 2 is 1.53 bits per heavy atom. The zero-order chi connectivity index (χ0) is 24.6. The molecule has 0 fully saturated rings. The third-order valence-corrected chi connectivity index (χ3v) is 5.41. The minimum absolute atomic E-state index is 0.155. The summed E-state index contributed by atoms with van der Waals surface area (Å²) in [6.07, 6.45) is -4.80. The molecular weight excluding hydrogens is 475 g/mol. The molecule has 0 saturated carbocycles. The number of rotatable bonds is 5. The van der Waals surface area contributed by atoms with E-state index in [4.69, 9.17) is 16.3 Å². The molecular formula is C24H13ClF3NO5. The Labute approximate surface area is 195 Å². The number of halogens is 4. The van der Waals surface area contributed by atoms with Gasteiger partial charge in [0.25, 0.3) is 11.8 Å². The molecule has 1 heterocycles. The van der Waals surface area contributed by atoms with Crippen molar-refractivity contribution in [1.82, 2.24) is 0 Å². The lowest BCUT2D eigenvalue weighted by molar-refractivity contribution is -0.137. The number of hydrogen-bond donors (Lipinski definition) is 0. The van der Waals surface area contributed by atoms with Crippen molar-refractivity contribution in [2.45, 2.75) is 6.18 Å². The fourth-order valence-corrected chi connectivity index (χ4v) is 3.72. The Kier molecular flexibility index (Phi) is 5.97.